The summed E-state index contributed by atoms with van der Waals surface area (Å²) in [5.41, 5.74) is 0.470. The van der Waals surface area contributed by atoms with Gasteiger partial charge in [0.1, 0.15) is 17.3 Å². The average molecular weight is 338 g/mol. The van der Waals surface area contributed by atoms with E-state index in [1.807, 2.05) is 0 Å². The summed E-state index contributed by atoms with van der Waals surface area (Å²) in [4.78, 5) is 11.8. The highest BCUT2D eigenvalue weighted by molar-refractivity contribution is 6.31. The maximum absolute atomic E-state index is 13.0. The molecule has 2 aromatic rings. The number of hydrogen-bond donors (Lipinski definition) is 1. The minimum absolute atomic E-state index is 0.0226. The molecule has 0 saturated heterocycles. The van der Waals surface area contributed by atoms with E-state index in [2.05, 4.69) is 5.32 Å². The number of halogens is 2. The van der Waals surface area contributed by atoms with E-state index in [-0.39, 0.29) is 10.9 Å². The molecule has 6 heteroatoms. The standard InChI is InChI=1S/C17H17ClFNO3/c1-22-13-5-7-14(8-6-13)23-10-2-3-17(21)20-12-4-9-16(19)15(18)11-12/h4-9,11H,2-3,10H2,1H3,(H,20,21). The number of nitrogens with one attached hydrogen (secondary N) is 1. The summed E-state index contributed by atoms with van der Waals surface area (Å²) >= 11 is 5.66. The van der Waals surface area contributed by atoms with Gasteiger partial charge in [0.2, 0.25) is 5.91 Å². The second kappa shape index (κ2) is 8.39. The van der Waals surface area contributed by atoms with E-state index < -0.39 is 5.82 Å². The Morgan fingerprint density at radius 1 is 1.17 bits per heavy atom. The van der Waals surface area contributed by atoms with Gasteiger partial charge < -0.3 is 14.8 Å². The first-order chi connectivity index (χ1) is 11.1. The number of amides is 1. The van der Waals surface area contributed by atoms with Gasteiger partial charge in [-0.05, 0) is 48.9 Å². The molecule has 0 saturated carbocycles. The molecule has 0 aliphatic carbocycles. The van der Waals surface area contributed by atoms with Crippen molar-refractivity contribution in [3.05, 3.63) is 53.3 Å². The molecule has 1 amide bonds. The van der Waals surface area contributed by atoms with E-state index in [0.717, 1.165) is 11.5 Å². The molecule has 1 N–H and O–H groups in total. The van der Waals surface area contributed by atoms with Crippen LogP contribution in [0.2, 0.25) is 5.02 Å². The summed E-state index contributed by atoms with van der Waals surface area (Å²) in [5, 5.41) is 2.64. The van der Waals surface area contributed by atoms with Crippen LogP contribution in [0.5, 0.6) is 11.5 Å². The summed E-state index contributed by atoms with van der Waals surface area (Å²) in [6, 6.07) is 11.3. The van der Waals surface area contributed by atoms with Crippen molar-refractivity contribution in [2.45, 2.75) is 12.8 Å². The van der Waals surface area contributed by atoms with Crippen molar-refractivity contribution in [1.82, 2.24) is 0 Å². The molecular weight excluding hydrogens is 321 g/mol. The quantitative estimate of drug-likeness (QED) is 0.767. The monoisotopic (exact) mass is 337 g/mol. The van der Waals surface area contributed by atoms with Gasteiger partial charge >= 0.3 is 0 Å². The second-order valence-electron chi connectivity index (χ2n) is 4.80. The van der Waals surface area contributed by atoms with Crippen LogP contribution in [0, 0.1) is 5.82 Å². The van der Waals surface area contributed by atoms with E-state index in [1.165, 1.54) is 18.2 Å². The summed E-state index contributed by atoms with van der Waals surface area (Å²) in [7, 11) is 1.60. The van der Waals surface area contributed by atoms with E-state index in [1.54, 1.807) is 31.4 Å². The molecule has 0 atom stereocenters. The lowest BCUT2D eigenvalue weighted by Gasteiger charge is -2.08. The Morgan fingerprint density at radius 3 is 2.52 bits per heavy atom. The molecule has 0 unspecified atom stereocenters. The van der Waals surface area contributed by atoms with Crippen LogP contribution in [0.25, 0.3) is 0 Å². The van der Waals surface area contributed by atoms with Crippen LogP contribution in [0.1, 0.15) is 12.8 Å². The molecule has 122 valence electrons. The van der Waals surface area contributed by atoms with Gasteiger partial charge in [-0.25, -0.2) is 4.39 Å². The first kappa shape index (κ1) is 17.1. The van der Waals surface area contributed by atoms with Crippen molar-refractivity contribution < 1.29 is 18.7 Å². The molecule has 0 fully saturated rings. The van der Waals surface area contributed by atoms with Crippen LogP contribution < -0.4 is 14.8 Å². The van der Waals surface area contributed by atoms with Crippen molar-refractivity contribution in [1.29, 1.82) is 0 Å². The van der Waals surface area contributed by atoms with Gasteiger partial charge in [-0.1, -0.05) is 11.6 Å². The van der Waals surface area contributed by atoms with Crippen LogP contribution in [-0.4, -0.2) is 19.6 Å². The predicted molar refractivity (Wildman–Crippen MR) is 87.8 cm³/mol. The molecular formula is C17H17ClFNO3. The number of benzene rings is 2. The third-order valence-corrected chi connectivity index (χ3v) is 3.37. The van der Waals surface area contributed by atoms with Crippen molar-refractivity contribution in [3.63, 3.8) is 0 Å². The molecule has 0 aliphatic heterocycles. The van der Waals surface area contributed by atoms with Crippen LogP contribution in [0.15, 0.2) is 42.5 Å². The Balaban J connectivity index is 1.70. The Hall–Kier alpha value is -2.27. The largest absolute Gasteiger partial charge is 0.497 e. The highest BCUT2D eigenvalue weighted by Crippen LogP contribution is 2.20. The summed E-state index contributed by atoms with van der Waals surface area (Å²) in [6.07, 6.45) is 0.859. The summed E-state index contributed by atoms with van der Waals surface area (Å²) in [6.45, 7) is 0.421. The van der Waals surface area contributed by atoms with E-state index in [9.17, 15) is 9.18 Å². The van der Waals surface area contributed by atoms with E-state index in [4.69, 9.17) is 21.1 Å². The Bertz CT molecular complexity index is 661. The number of methoxy groups -OCH3 is 1. The molecule has 0 aromatic heterocycles. The second-order valence-corrected chi connectivity index (χ2v) is 5.21. The first-order valence-electron chi connectivity index (χ1n) is 7.10. The lowest BCUT2D eigenvalue weighted by molar-refractivity contribution is -0.116. The molecule has 0 heterocycles. The molecule has 0 spiro atoms. The number of carbonyl (C=O) groups is 1. The van der Waals surface area contributed by atoms with Gasteiger partial charge in [0.25, 0.3) is 0 Å². The average Bonchev–Trinajstić information content (AvgIpc) is 2.55. The van der Waals surface area contributed by atoms with Gasteiger partial charge in [-0.2, -0.15) is 0 Å². The normalized spacial score (nSPS) is 10.2. The van der Waals surface area contributed by atoms with Gasteiger partial charge in [-0.15, -0.1) is 0 Å². The van der Waals surface area contributed by atoms with E-state index in [0.29, 0.717) is 25.1 Å². The van der Waals surface area contributed by atoms with Crippen LogP contribution in [-0.2, 0) is 4.79 Å². The highest BCUT2D eigenvalue weighted by atomic mass is 35.5. The fourth-order valence-electron chi connectivity index (χ4n) is 1.89. The molecule has 23 heavy (non-hydrogen) atoms. The maximum Gasteiger partial charge on any atom is 0.224 e. The molecule has 2 rings (SSSR count). The van der Waals surface area contributed by atoms with Crippen molar-refractivity contribution in [2.24, 2.45) is 0 Å². The number of hydrogen-bond acceptors (Lipinski definition) is 3. The van der Waals surface area contributed by atoms with Crippen LogP contribution in [0.3, 0.4) is 0 Å². The zero-order valence-corrected chi connectivity index (χ0v) is 13.4. The van der Waals surface area contributed by atoms with Gasteiger partial charge in [0.15, 0.2) is 0 Å². The lowest BCUT2D eigenvalue weighted by Crippen LogP contribution is -2.12. The Kier molecular flexibility index (Phi) is 6.23. The molecule has 0 radical (unpaired) electrons. The Labute approximate surface area is 139 Å². The molecule has 2 aromatic carbocycles. The summed E-state index contributed by atoms with van der Waals surface area (Å²) < 4.78 is 23.6. The number of ether oxygens (including phenoxy) is 2. The molecule has 4 nitrogen and oxygen atoms in total. The van der Waals surface area contributed by atoms with Gasteiger partial charge in [-0.3, -0.25) is 4.79 Å². The SMILES string of the molecule is COc1ccc(OCCCC(=O)Nc2ccc(F)c(Cl)c2)cc1. The fraction of sp³-hybridized carbons (Fsp3) is 0.235. The predicted octanol–water partition coefficient (Wildman–Crippen LogP) is 4.29. The van der Waals surface area contributed by atoms with Crippen LogP contribution in [0.4, 0.5) is 10.1 Å². The molecule has 0 aliphatic rings. The Morgan fingerprint density at radius 2 is 1.87 bits per heavy atom. The number of carbonyl (C=O) groups excluding carboxylic acids is 1. The lowest BCUT2D eigenvalue weighted by atomic mass is 10.2. The first-order valence-corrected chi connectivity index (χ1v) is 7.48. The third kappa shape index (κ3) is 5.45. The summed E-state index contributed by atoms with van der Waals surface area (Å²) in [5.74, 6) is 0.787. The van der Waals surface area contributed by atoms with Crippen molar-refractivity contribution in [2.75, 3.05) is 19.0 Å². The minimum Gasteiger partial charge on any atom is -0.497 e. The van der Waals surface area contributed by atoms with Gasteiger partial charge in [0, 0.05) is 12.1 Å². The topological polar surface area (TPSA) is 47.6 Å². The highest BCUT2D eigenvalue weighted by Gasteiger charge is 2.05. The minimum atomic E-state index is -0.516. The smallest absolute Gasteiger partial charge is 0.224 e. The third-order valence-electron chi connectivity index (χ3n) is 3.08. The van der Waals surface area contributed by atoms with Crippen molar-refractivity contribution >= 4 is 23.2 Å². The number of anilines is 1. The van der Waals surface area contributed by atoms with E-state index >= 15 is 0 Å². The molecule has 0 bridgehead atoms. The fourth-order valence-corrected chi connectivity index (χ4v) is 2.07. The van der Waals surface area contributed by atoms with Crippen LogP contribution >= 0.6 is 11.6 Å². The van der Waals surface area contributed by atoms with Gasteiger partial charge in [0.05, 0.1) is 18.7 Å². The number of rotatable bonds is 7. The zero-order chi connectivity index (χ0) is 16.7. The zero-order valence-electron chi connectivity index (χ0n) is 12.6. The maximum atomic E-state index is 13.0. The van der Waals surface area contributed by atoms with Crippen molar-refractivity contribution in [3.8, 4) is 11.5 Å².